The molecule has 0 aromatic heterocycles. The van der Waals surface area contributed by atoms with Crippen LogP contribution < -0.4 is 4.90 Å². The van der Waals surface area contributed by atoms with Gasteiger partial charge in [0, 0.05) is 45.0 Å². The molecule has 1 aromatic carbocycles. The maximum atomic E-state index is 13.0. The Morgan fingerprint density at radius 1 is 1.00 bits per heavy atom. The number of piperazine rings is 1. The van der Waals surface area contributed by atoms with E-state index in [1.807, 2.05) is 4.90 Å². The lowest BCUT2D eigenvalue weighted by Gasteiger charge is -2.36. The summed E-state index contributed by atoms with van der Waals surface area (Å²) in [6.45, 7) is 1.35. The van der Waals surface area contributed by atoms with E-state index >= 15 is 0 Å². The zero-order valence-electron chi connectivity index (χ0n) is 13.4. The van der Waals surface area contributed by atoms with E-state index in [-0.39, 0.29) is 32.1 Å². The predicted molar refractivity (Wildman–Crippen MR) is 85.9 cm³/mol. The molecule has 1 aromatic rings. The predicted octanol–water partition coefficient (Wildman–Crippen LogP) is -0.712. The molecule has 2 rings (SSSR count). The van der Waals surface area contributed by atoms with Crippen LogP contribution in [0, 0.1) is 5.82 Å². The number of rotatable bonds is 5. The fourth-order valence-electron chi connectivity index (χ4n) is 2.65. The first-order valence-electron chi connectivity index (χ1n) is 7.87. The molecule has 1 fully saturated rings. The number of aliphatic hydroxyl groups is 2. The number of amides is 2. The summed E-state index contributed by atoms with van der Waals surface area (Å²) in [6, 6.07) is 6.14. The summed E-state index contributed by atoms with van der Waals surface area (Å²) in [5.74, 6) is -1.64. The molecule has 0 aliphatic carbocycles. The number of hydrogen-bond acceptors (Lipinski definition) is 5. The maximum Gasteiger partial charge on any atom is 0.312 e. The second-order valence-electron chi connectivity index (χ2n) is 5.50. The number of hydrogen-bond donors (Lipinski definition) is 2. The normalized spacial score (nSPS) is 14.6. The van der Waals surface area contributed by atoms with E-state index in [4.69, 9.17) is 10.2 Å². The second kappa shape index (κ2) is 8.60. The van der Waals surface area contributed by atoms with Crippen molar-refractivity contribution in [3.05, 3.63) is 30.1 Å². The summed E-state index contributed by atoms with van der Waals surface area (Å²) in [4.78, 5) is 29.1. The Labute approximate surface area is 139 Å². The van der Waals surface area contributed by atoms with Crippen LogP contribution in [0.3, 0.4) is 0 Å². The van der Waals surface area contributed by atoms with Gasteiger partial charge in [-0.15, -0.1) is 0 Å². The highest BCUT2D eigenvalue weighted by Gasteiger charge is 2.29. The molecule has 1 aliphatic heterocycles. The molecular formula is C16H22FN3O4. The summed E-state index contributed by atoms with van der Waals surface area (Å²) in [7, 11) is 0. The number of carbonyl (C=O) groups is 2. The molecule has 0 atom stereocenters. The minimum absolute atomic E-state index is 0.0146. The lowest BCUT2D eigenvalue weighted by atomic mass is 10.2. The van der Waals surface area contributed by atoms with Gasteiger partial charge in [0.25, 0.3) is 0 Å². The van der Waals surface area contributed by atoms with Crippen LogP contribution in [-0.2, 0) is 9.59 Å². The van der Waals surface area contributed by atoms with Crippen molar-refractivity contribution in [3.8, 4) is 0 Å². The molecular weight excluding hydrogens is 317 g/mol. The van der Waals surface area contributed by atoms with Crippen LogP contribution in [0.5, 0.6) is 0 Å². The molecule has 8 heteroatoms. The van der Waals surface area contributed by atoms with Crippen molar-refractivity contribution in [3.63, 3.8) is 0 Å². The van der Waals surface area contributed by atoms with Gasteiger partial charge in [-0.1, -0.05) is 0 Å². The molecule has 24 heavy (non-hydrogen) atoms. The van der Waals surface area contributed by atoms with Crippen molar-refractivity contribution in [2.24, 2.45) is 0 Å². The lowest BCUT2D eigenvalue weighted by molar-refractivity contribution is -0.152. The third kappa shape index (κ3) is 4.42. The Bertz CT molecular complexity index is 553. The molecule has 2 amide bonds. The van der Waals surface area contributed by atoms with E-state index in [0.717, 1.165) is 10.6 Å². The van der Waals surface area contributed by atoms with Crippen LogP contribution in [-0.4, -0.2) is 84.3 Å². The highest BCUT2D eigenvalue weighted by atomic mass is 19.1. The van der Waals surface area contributed by atoms with Crippen LogP contribution in [0.1, 0.15) is 0 Å². The van der Waals surface area contributed by atoms with Gasteiger partial charge in [-0.05, 0) is 24.3 Å². The average Bonchev–Trinajstić information content (AvgIpc) is 2.61. The average molecular weight is 339 g/mol. The van der Waals surface area contributed by atoms with Gasteiger partial charge in [-0.3, -0.25) is 9.59 Å². The third-order valence-corrected chi connectivity index (χ3v) is 3.97. The third-order valence-electron chi connectivity index (χ3n) is 3.97. The zero-order chi connectivity index (χ0) is 17.5. The molecule has 1 heterocycles. The van der Waals surface area contributed by atoms with Gasteiger partial charge in [0.1, 0.15) is 5.82 Å². The Morgan fingerprint density at radius 2 is 1.54 bits per heavy atom. The first-order valence-corrected chi connectivity index (χ1v) is 7.87. The fourth-order valence-corrected chi connectivity index (χ4v) is 2.65. The number of anilines is 1. The fraction of sp³-hybridized carbons (Fsp3) is 0.500. The number of nitrogens with zero attached hydrogens (tertiary/aromatic N) is 3. The molecule has 0 radical (unpaired) electrons. The molecule has 132 valence electrons. The SMILES string of the molecule is O=C(C(=O)N1CCN(c2ccc(F)cc2)CC1)N(CCO)CCO. The number of benzene rings is 1. The minimum atomic E-state index is -0.715. The number of halogens is 1. The van der Waals surface area contributed by atoms with Gasteiger partial charge in [0.2, 0.25) is 0 Å². The van der Waals surface area contributed by atoms with E-state index < -0.39 is 11.8 Å². The largest absolute Gasteiger partial charge is 0.395 e. The van der Waals surface area contributed by atoms with E-state index in [1.54, 1.807) is 12.1 Å². The second-order valence-corrected chi connectivity index (χ2v) is 5.50. The summed E-state index contributed by atoms with van der Waals surface area (Å²) >= 11 is 0. The van der Waals surface area contributed by atoms with E-state index in [9.17, 15) is 14.0 Å². The summed E-state index contributed by atoms with van der Waals surface area (Å²) in [5, 5.41) is 17.9. The van der Waals surface area contributed by atoms with Crippen molar-refractivity contribution in [2.45, 2.75) is 0 Å². The van der Waals surface area contributed by atoms with Gasteiger partial charge in [-0.25, -0.2) is 4.39 Å². The van der Waals surface area contributed by atoms with Gasteiger partial charge < -0.3 is 24.9 Å². The van der Waals surface area contributed by atoms with E-state index in [1.165, 1.54) is 17.0 Å². The van der Waals surface area contributed by atoms with Crippen LogP contribution in [0.25, 0.3) is 0 Å². The van der Waals surface area contributed by atoms with Crippen LogP contribution in [0.4, 0.5) is 10.1 Å². The number of carbonyl (C=O) groups excluding carboxylic acids is 2. The zero-order valence-corrected chi connectivity index (χ0v) is 13.4. The number of aliphatic hydroxyl groups excluding tert-OH is 2. The topological polar surface area (TPSA) is 84.3 Å². The van der Waals surface area contributed by atoms with Crippen molar-refractivity contribution < 1.29 is 24.2 Å². The highest BCUT2D eigenvalue weighted by Crippen LogP contribution is 2.17. The Balaban J connectivity index is 1.91. The Morgan fingerprint density at radius 3 is 2.04 bits per heavy atom. The van der Waals surface area contributed by atoms with Crippen LogP contribution in [0.15, 0.2) is 24.3 Å². The first-order chi connectivity index (χ1) is 11.6. The van der Waals surface area contributed by atoms with Crippen molar-refractivity contribution in [2.75, 3.05) is 57.4 Å². The Hall–Kier alpha value is -2.19. The molecule has 2 N–H and O–H groups in total. The van der Waals surface area contributed by atoms with Gasteiger partial charge >= 0.3 is 11.8 Å². The molecule has 0 spiro atoms. The van der Waals surface area contributed by atoms with Crippen molar-refractivity contribution in [1.29, 1.82) is 0 Å². The maximum absolute atomic E-state index is 13.0. The van der Waals surface area contributed by atoms with Gasteiger partial charge in [-0.2, -0.15) is 0 Å². The molecule has 0 bridgehead atoms. The van der Waals surface area contributed by atoms with E-state index in [0.29, 0.717) is 26.2 Å². The van der Waals surface area contributed by atoms with Crippen molar-refractivity contribution in [1.82, 2.24) is 9.80 Å². The summed E-state index contributed by atoms with van der Waals surface area (Å²) in [6.07, 6.45) is 0. The molecule has 1 saturated heterocycles. The standard InChI is InChI=1S/C16H22FN3O4/c17-13-1-3-14(4-2-13)18-5-7-19(8-6-18)15(23)16(24)20(9-11-21)10-12-22/h1-4,21-22H,5-12H2. The first kappa shape index (κ1) is 18.2. The lowest BCUT2D eigenvalue weighted by Crippen LogP contribution is -2.54. The smallest absolute Gasteiger partial charge is 0.312 e. The quantitative estimate of drug-likeness (QED) is 0.692. The minimum Gasteiger partial charge on any atom is -0.395 e. The summed E-state index contributed by atoms with van der Waals surface area (Å²) < 4.78 is 13.0. The molecule has 1 aliphatic rings. The van der Waals surface area contributed by atoms with Crippen molar-refractivity contribution >= 4 is 17.5 Å². The monoisotopic (exact) mass is 339 g/mol. The van der Waals surface area contributed by atoms with Gasteiger partial charge in [0.05, 0.1) is 13.2 Å². The molecule has 0 unspecified atom stereocenters. The Kier molecular flexibility index (Phi) is 6.51. The van der Waals surface area contributed by atoms with Crippen LogP contribution in [0.2, 0.25) is 0 Å². The van der Waals surface area contributed by atoms with E-state index in [2.05, 4.69) is 0 Å². The molecule has 7 nitrogen and oxygen atoms in total. The molecule has 0 saturated carbocycles. The van der Waals surface area contributed by atoms with Gasteiger partial charge in [0.15, 0.2) is 0 Å². The van der Waals surface area contributed by atoms with Crippen LogP contribution >= 0.6 is 0 Å². The highest BCUT2D eigenvalue weighted by molar-refractivity contribution is 6.34. The summed E-state index contributed by atoms with van der Waals surface area (Å²) in [5.41, 5.74) is 0.872.